The number of aromatic nitrogens is 1. The van der Waals surface area contributed by atoms with Gasteiger partial charge in [0.1, 0.15) is 5.82 Å². The van der Waals surface area contributed by atoms with Crippen molar-refractivity contribution in [3.8, 4) is 0 Å². The lowest BCUT2D eigenvalue weighted by Gasteiger charge is -2.09. The molecule has 1 heterocycles. The van der Waals surface area contributed by atoms with Crippen LogP contribution >= 0.6 is 0 Å². The van der Waals surface area contributed by atoms with Crippen molar-refractivity contribution in [3.05, 3.63) is 64.7 Å². The van der Waals surface area contributed by atoms with E-state index in [-0.39, 0.29) is 5.82 Å². The van der Waals surface area contributed by atoms with Crippen molar-refractivity contribution in [3.63, 3.8) is 0 Å². The molecule has 19 heavy (non-hydrogen) atoms. The average molecular weight is 258 g/mol. The topological polar surface area (TPSA) is 24.9 Å². The van der Waals surface area contributed by atoms with Crippen LogP contribution in [0, 0.1) is 5.82 Å². The lowest BCUT2D eigenvalue weighted by atomic mass is 10.0. The lowest BCUT2D eigenvalue weighted by molar-refractivity contribution is 0.622. The molecule has 1 aromatic heterocycles. The number of hydrogen-bond donors (Lipinski definition) is 1. The van der Waals surface area contributed by atoms with Crippen LogP contribution in [0.5, 0.6) is 0 Å². The van der Waals surface area contributed by atoms with Gasteiger partial charge in [-0.2, -0.15) is 0 Å². The van der Waals surface area contributed by atoms with Crippen molar-refractivity contribution in [2.45, 2.75) is 26.3 Å². The predicted molar refractivity (Wildman–Crippen MR) is 75.6 cm³/mol. The molecule has 0 aliphatic heterocycles. The summed E-state index contributed by atoms with van der Waals surface area (Å²) in [5.74, 6) is -0.191. The Bertz CT molecular complexity index is 535. The third kappa shape index (κ3) is 3.61. The van der Waals surface area contributed by atoms with Crippen molar-refractivity contribution in [1.82, 2.24) is 10.3 Å². The normalized spacial score (nSPS) is 10.7. The Hall–Kier alpha value is -1.74. The van der Waals surface area contributed by atoms with E-state index in [1.807, 2.05) is 25.4 Å². The molecule has 0 saturated carbocycles. The minimum atomic E-state index is -0.191. The number of pyridine rings is 1. The second-order valence-electron chi connectivity index (χ2n) is 4.63. The van der Waals surface area contributed by atoms with E-state index in [0.29, 0.717) is 6.54 Å². The lowest BCUT2D eigenvalue weighted by Crippen LogP contribution is -2.09. The van der Waals surface area contributed by atoms with E-state index in [4.69, 9.17) is 0 Å². The van der Waals surface area contributed by atoms with Crippen molar-refractivity contribution < 1.29 is 4.39 Å². The number of benzene rings is 1. The van der Waals surface area contributed by atoms with Crippen LogP contribution in [-0.4, -0.2) is 12.0 Å². The van der Waals surface area contributed by atoms with E-state index in [2.05, 4.69) is 23.3 Å². The SMILES string of the molecule is CCc1ccc(Cc2ccc(F)cc2CNC)nc1. The Balaban J connectivity index is 2.21. The van der Waals surface area contributed by atoms with Gasteiger partial charge in [-0.25, -0.2) is 4.39 Å². The molecule has 2 rings (SSSR count). The van der Waals surface area contributed by atoms with Crippen LogP contribution in [0.3, 0.4) is 0 Å². The molecular weight excluding hydrogens is 239 g/mol. The molecule has 0 fully saturated rings. The third-order valence-corrected chi connectivity index (χ3v) is 3.20. The van der Waals surface area contributed by atoms with Crippen LogP contribution in [0.2, 0.25) is 0 Å². The van der Waals surface area contributed by atoms with Gasteiger partial charge in [0.05, 0.1) is 0 Å². The second kappa shape index (κ2) is 6.43. The van der Waals surface area contributed by atoms with Gasteiger partial charge >= 0.3 is 0 Å². The van der Waals surface area contributed by atoms with E-state index < -0.39 is 0 Å². The molecule has 2 aromatic rings. The molecule has 1 aromatic carbocycles. The van der Waals surface area contributed by atoms with Crippen LogP contribution in [0.1, 0.15) is 29.3 Å². The highest BCUT2D eigenvalue weighted by Gasteiger charge is 2.05. The fraction of sp³-hybridized carbons (Fsp3) is 0.312. The quantitative estimate of drug-likeness (QED) is 0.891. The smallest absolute Gasteiger partial charge is 0.123 e. The molecule has 1 N–H and O–H groups in total. The second-order valence-corrected chi connectivity index (χ2v) is 4.63. The largest absolute Gasteiger partial charge is 0.316 e. The molecule has 2 nitrogen and oxygen atoms in total. The number of nitrogens with one attached hydrogen (secondary N) is 1. The highest BCUT2D eigenvalue weighted by molar-refractivity contribution is 5.32. The fourth-order valence-electron chi connectivity index (χ4n) is 2.09. The molecular formula is C16H19FN2. The number of halogens is 1. The van der Waals surface area contributed by atoms with Crippen molar-refractivity contribution in [1.29, 1.82) is 0 Å². The first-order valence-corrected chi connectivity index (χ1v) is 6.58. The predicted octanol–water partition coefficient (Wildman–Crippen LogP) is 3.09. The van der Waals surface area contributed by atoms with Gasteiger partial charge < -0.3 is 5.32 Å². The van der Waals surface area contributed by atoms with Gasteiger partial charge in [0, 0.05) is 24.9 Å². The van der Waals surface area contributed by atoms with Crippen LogP contribution < -0.4 is 5.32 Å². The summed E-state index contributed by atoms with van der Waals surface area (Å²) in [4.78, 5) is 4.45. The van der Waals surface area contributed by atoms with Crippen molar-refractivity contribution in [2.24, 2.45) is 0 Å². The maximum absolute atomic E-state index is 13.3. The maximum atomic E-state index is 13.3. The number of aryl methyl sites for hydroxylation is 1. The molecule has 0 unspecified atom stereocenters. The van der Waals surface area contributed by atoms with E-state index >= 15 is 0 Å². The van der Waals surface area contributed by atoms with Crippen LogP contribution in [0.25, 0.3) is 0 Å². The maximum Gasteiger partial charge on any atom is 0.123 e. The standard InChI is InChI=1S/C16H19FN2/c1-3-12-4-7-16(19-10-12)9-13-5-6-15(17)8-14(13)11-18-2/h4-8,10,18H,3,9,11H2,1-2H3. The Labute approximate surface area is 113 Å². The van der Waals surface area contributed by atoms with E-state index in [9.17, 15) is 4.39 Å². The molecule has 0 radical (unpaired) electrons. The molecule has 0 amide bonds. The molecule has 0 aliphatic rings. The zero-order chi connectivity index (χ0) is 13.7. The molecule has 3 heteroatoms. The summed E-state index contributed by atoms with van der Waals surface area (Å²) >= 11 is 0. The summed E-state index contributed by atoms with van der Waals surface area (Å²) in [5, 5.41) is 3.07. The van der Waals surface area contributed by atoms with Gasteiger partial charge in [-0.15, -0.1) is 0 Å². The highest BCUT2D eigenvalue weighted by Crippen LogP contribution is 2.15. The Morgan fingerprint density at radius 1 is 1.16 bits per heavy atom. The summed E-state index contributed by atoms with van der Waals surface area (Å²) in [6.45, 7) is 2.78. The van der Waals surface area contributed by atoms with Gasteiger partial charge in [-0.3, -0.25) is 4.98 Å². The number of hydrogen-bond acceptors (Lipinski definition) is 2. The molecule has 100 valence electrons. The summed E-state index contributed by atoms with van der Waals surface area (Å²) in [6, 6.07) is 9.09. The van der Waals surface area contributed by atoms with Crippen LogP contribution in [0.4, 0.5) is 4.39 Å². The Morgan fingerprint density at radius 3 is 2.63 bits per heavy atom. The molecule has 0 spiro atoms. The van der Waals surface area contributed by atoms with Gasteiger partial charge in [0.25, 0.3) is 0 Å². The molecule has 0 aliphatic carbocycles. The van der Waals surface area contributed by atoms with E-state index in [1.165, 1.54) is 11.6 Å². The fourth-order valence-corrected chi connectivity index (χ4v) is 2.09. The summed E-state index contributed by atoms with van der Waals surface area (Å²) in [6.07, 6.45) is 3.65. The summed E-state index contributed by atoms with van der Waals surface area (Å²) in [7, 11) is 1.86. The molecule has 0 atom stereocenters. The zero-order valence-electron chi connectivity index (χ0n) is 11.4. The number of rotatable bonds is 5. The number of nitrogens with zero attached hydrogens (tertiary/aromatic N) is 1. The van der Waals surface area contributed by atoms with Gasteiger partial charge in [-0.05, 0) is 48.4 Å². The van der Waals surface area contributed by atoms with Crippen molar-refractivity contribution >= 4 is 0 Å². The highest BCUT2D eigenvalue weighted by atomic mass is 19.1. The first kappa shape index (κ1) is 13.7. The van der Waals surface area contributed by atoms with E-state index in [1.54, 1.807) is 6.07 Å². The van der Waals surface area contributed by atoms with Gasteiger partial charge in [-0.1, -0.05) is 19.1 Å². The van der Waals surface area contributed by atoms with E-state index in [0.717, 1.165) is 29.7 Å². The minimum absolute atomic E-state index is 0.191. The van der Waals surface area contributed by atoms with Crippen molar-refractivity contribution in [2.75, 3.05) is 7.05 Å². The van der Waals surface area contributed by atoms with Gasteiger partial charge in [0.15, 0.2) is 0 Å². The molecule has 0 bridgehead atoms. The van der Waals surface area contributed by atoms with Crippen LogP contribution in [-0.2, 0) is 19.4 Å². The summed E-state index contributed by atoms with van der Waals surface area (Å²) < 4.78 is 13.3. The first-order chi connectivity index (χ1) is 9.22. The first-order valence-electron chi connectivity index (χ1n) is 6.58. The average Bonchev–Trinajstić information content (AvgIpc) is 2.43. The third-order valence-electron chi connectivity index (χ3n) is 3.20. The van der Waals surface area contributed by atoms with Crippen LogP contribution in [0.15, 0.2) is 36.5 Å². The molecule has 0 saturated heterocycles. The Kier molecular flexibility index (Phi) is 4.63. The zero-order valence-corrected chi connectivity index (χ0v) is 11.4. The summed E-state index contributed by atoms with van der Waals surface area (Å²) in [5.41, 5.74) is 4.36. The minimum Gasteiger partial charge on any atom is -0.316 e. The van der Waals surface area contributed by atoms with Gasteiger partial charge in [0.2, 0.25) is 0 Å². The Morgan fingerprint density at radius 2 is 2.00 bits per heavy atom. The monoisotopic (exact) mass is 258 g/mol.